The number of hydrogen-bond acceptors (Lipinski definition) is 4. The van der Waals surface area contributed by atoms with Gasteiger partial charge in [0.05, 0.1) is 32.0 Å². The van der Waals surface area contributed by atoms with Crippen molar-refractivity contribution in [1.82, 2.24) is 4.57 Å². The average Bonchev–Trinajstić information content (AvgIpc) is 3.25. The maximum absolute atomic E-state index is 12.9. The van der Waals surface area contributed by atoms with Gasteiger partial charge in [0.25, 0.3) is 5.91 Å². The van der Waals surface area contributed by atoms with E-state index in [1.165, 1.54) is 4.88 Å². The van der Waals surface area contributed by atoms with Crippen molar-refractivity contribution in [3.63, 3.8) is 0 Å². The van der Waals surface area contributed by atoms with E-state index in [2.05, 4.69) is 21.3 Å². The van der Waals surface area contributed by atoms with E-state index in [1.807, 2.05) is 26.0 Å². The summed E-state index contributed by atoms with van der Waals surface area (Å²) in [6, 6.07) is 11.4. The number of nitrogens with one attached hydrogen (secondary N) is 1. The summed E-state index contributed by atoms with van der Waals surface area (Å²) in [7, 11) is 3.16. The molecule has 0 radical (unpaired) electrons. The number of carbonyl (C=O) groups is 1. The van der Waals surface area contributed by atoms with Gasteiger partial charge < -0.3 is 19.4 Å². The summed E-state index contributed by atoms with van der Waals surface area (Å²) >= 11 is 1.71. The molecule has 0 saturated heterocycles. The average molecular weight is 370 g/mol. The molecule has 3 aromatic rings. The first-order valence-electron chi connectivity index (χ1n) is 8.26. The van der Waals surface area contributed by atoms with Crippen LogP contribution in [0.4, 0.5) is 5.69 Å². The van der Waals surface area contributed by atoms with E-state index < -0.39 is 0 Å². The van der Waals surface area contributed by atoms with Crippen LogP contribution in [0.3, 0.4) is 0 Å². The molecule has 0 atom stereocenters. The number of nitrogens with zero attached hydrogens (tertiary/aromatic N) is 1. The number of methoxy groups -OCH3 is 2. The lowest BCUT2D eigenvalue weighted by atomic mass is 10.2. The first-order chi connectivity index (χ1) is 12.5. The summed E-state index contributed by atoms with van der Waals surface area (Å²) in [5.74, 6) is 1.08. The van der Waals surface area contributed by atoms with Crippen molar-refractivity contribution < 1.29 is 14.3 Å². The highest BCUT2D eigenvalue weighted by Crippen LogP contribution is 2.30. The van der Waals surface area contributed by atoms with Crippen LogP contribution in [-0.4, -0.2) is 24.7 Å². The van der Waals surface area contributed by atoms with Crippen molar-refractivity contribution in [2.45, 2.75) is 20.4 Å². The van der Waals surface area contributed by atoms with Gasteiger partial charge >= 0.3 is 0 Å². The zero-order valence-corrected chi connectivity index (χ0v) is 16.1. The predicted molar refractivity (Wildman–Crippen MR) is 105 cm³/mol. The summed E-state index contributed by atoms with van der Waals surface area (Å²) in [5.41, 5.74) is 3.23. The second-order valence-electron chi connectivity index (χ2n) is 5.97. The Morgan fingerprint density at radius 2 is 1.96 bits per heavy atom. The molecule has 2 heterocycles. The van der Waals surface area contributed by atoms with Crippen molar-refractivity contribution in [3.8, 4) is 11.5 Å². The highest BCUT2D eigenvalue weighted by atomic mass is 32.1. The molecule has 3 rings (SSSR count). The number of rotatable bonds is 6. The van der Waals surface area contributed by atoms with Crippen LogP contribution >= 0.6 is 11.3 Å². The predicted octanol–water partition coefficient (Wildman–Crippen LogP) is 4.48. The van der Waals surface area contributed by atoms with Gasteiger partial charge in [0, 0.05) is 22.3 Å². The molecule has 2 aromatic heterocycles. The number of aryl methyl sites for hydroxylation is 1. The SMILES string of the molecule is COc1ccc(OC)c(NC(=O)c2cc(C)n(Cc3cccs3)c2C)c1. The fourth-order valence-corrected chi connectivity index (χ4v) is 3.63. The number of aromatic nitrogens is 1. The van der Waals surface area contributed by atoms with Crippen molar-refractivity contribution in [2.75, 3.05) is 19.5 Å². The molecule has 0 aliphatic rings. The fourth-order valence-electron chi connectivity index (χ4n) is 2.93. The zero-order chi connectivity index (χ0) is 18.7. The Kier molecular flexibility index (Phi) is 5.32. The van der Waals surface area contributed by atoms with Gasteiger partial charge in [-0.05, 0) is 43.5 Å². The standard InChI is InChI=1S/C20H22N2O3S/c1-13-10-17(14(2)22(13)12-16-6-5-9-26-16)20(23)21-18-11-15(24-3)7-8-19(18)25-4/h5-11H,12H2,1-4H3,(H,21,23). The maximum atomic E-state index is 12.9. The second-order valence-corrected chi connectivity index (χ2v) is 7.00. The Morgan fingerprint density at radius 3 is 2.62 bits per heavy atom. The van der Waals surface area contributed by atoms with E-state index in [1.54, 1.807) is 43.8 Å². The molecule has 0 aliphatic carbocycles. The zero-order valence-electron chi connectivity index (χ0n) is 15.3. The summed E-state index contributed by atoms with van der Waals surface area (Å²) < 4.78 is 12.7. The molecule has 6 heteroatoms. The fraction of sp³-hybridized carbons (Fsp3) is 0.250. The van der Waals surface area contributed by atoms with Crippen molar-refractivity contribution in [2.24, 2.45) is 0 Å². The first kappa shape index (κ1) is 18.1. The number of amides is 1. The third-order valence-electron chi connectivity index (χ3n) is 4.37. The molecule has 1 N–H and O–H groups in total. The van der Waals surface area contributed by atoms with Crippen LogP contribution in [-0.2, 0) is 6.54 Å². The van der Waals surface area contributed by atoms with E-state index in [9.17, 15) is 4.79 Å². The van der Waals surface area contributed by atoms with E-state index in [-0.39, 0.29) is 5.91 Å². The van der Waals surface area contributed by atoms with Gasteiger partial charge in [0.15, 0.2) is 0 Å². The smallest absolute Gasteiger partial charge is 0.257 e. The molecule has 0 fully saturated rings. The Balaban J connectivity index is 1.87. The normalized spacial score (nSPS) is 10.6. The number of thiophene rings is 1. The van der Waals surface area contributed by atoms with Crippen molar-refractivity contribution >= 4 is 22.9 Å². The Labute approximate surface area is 157 Å². The lowest BCUT2D eigenvalue weighted by molar-refractivity contribution is 0.102. The second kappa shape index (κ2) is 7.66. The molecular weight excluding hydrogens is 348 g/mol. The molecular formula is C20H22N2O3S. The van der Waals surface area contributed by atoms with E-state index in [4.69, 9.17) is 9.47 Å². The highest BCUT2D eigenvalue weighted by molar-refractivity contribution is 7.09. The van der Waals surface area contributed by atoms with Gasteiger partial charge in [-0.25, -0.2) is 0 Å². The monoisotopic (exact) mass is 370 g/mol. The third kappa shape index (κ3) is 3.60. The van der Waals surface area contributed by atoms with Crippen LogP contribution in [0.2, 0.25) is 0 Å². The summed E-state index contributed by atoms with van der Waals surface area (Å²) in [4.78, 5) is 14.1. The van der Waals surface area contributed by atoms with Gasteiger partial charge in [-0.1, -0.05) is 6.07 Å². The lowest BCUT2D eigenvalue weighted by Crippen LogP contribution is -2.14. The summed E-state index contributed by atoms with van der Waals surface area (Å²) in [6.07, 6.45) is 0. The van der Waals surface area contributed by atoms with Crippen LogP contribution in [0.5, 0.6) is 11.5 Å². The number of ether oxygens (including phenoxy) is 2. The third-order valence-corrected chi connectivity index (χ3v) is 5.23. The molecule has 0 aliphatic heterocycles. The number of benzene rings is 1. The molecule has 0 spiro atoms. The van der Waals surface area contributed by atoms with Crippen LogP contribution in [0, 0.1) is 13.8 Å². The van der Waals surface area contributed by atoms with Crippen molar-refractivity contribution in [1.29, 1.82) is 0 Å². The quantitative estimate of drug-likeness (QED) is 0.696. The van der Waals surface area contributed by atoms with Gasteiger partial charge in [-0.3, -0.25) is 4.79 Å². The lowest BCUT2D eigenvalue weighted by Gasteiger charge is -2.12. The number of anilines is 1. The number of hydrogen-bond donors (Lipinski definition) is 1. The van der Waals surface area contributed by atoms with E-state index in [0.717, 1.165) is 17.9 Å². The molecule has 0 unspecified atom stereocenters. The Bertz CT molecular complexity index is 914. The van der Waals surface area contributed by atoms with E-state index in [0.29, 0.717) is 22.7 Å². The summed E-state index contributed by atoms with van der Waals surface area (Å²) in [6.45, 7) is 4.76. The maximum Gasteiger partial charge on any atom is 0.257 e. The molecule has 0 bridgehead atoms. The van der Waals surface area contributed by atoms with Crippen molar-refractivity contribution in [3.05, 3.63) is 63.6 Å². The highest BCUT2D eigenvalue weighted by Gasteiger charge is 2.18. The van der Waals surface area contributed by atoms with Gasteiger partial charge in [-0.2, -0.15) is 0 Å². The van der Waals surface area contributed by atoms with Gasteiger partial charge in [0.2, 0.25) is 0 Å². The molecule has 1 amide bonds. The van der Waals surface area contributed by atoms with Crippen LogP contribution in [0.15, 0.2) is 41.8 Å². The molecule has 136 valence electrons. The summed E-state index contributed by atoms with van der Waals surface area (Å²) in [5, 5.41) is 5.00. The van der Waals surface area contributed by atoms with Crippen LogP contribution in [0.25, 0.3) is 0 Å². The minimum absolute atomic E-state index is 0.165. The molecule has 5 nitrogen and oxygen atoms in total. The first-order valence-corrected chi connectivity index (χ1v) is 9.14. The van der Waals surface area contributed by atoms with Gasteiger partial charge in [-0.15, -0.1) is 11.3 Å². The largest absolute Gasteiger partial charge is 0.497 e. The number of carbonyl (C=O) groups excluding carboxylic acids is 1. The topological polar surface area (TPSA) is 52.5 Å². The van der Waals surface area contributed by atoms with Crippen LogP contribution in [0.1, 0.15) is 26.6 Å². The Morgan fingerprint density at radius 1 is 1.15 bits per heavy atom. The van der Waals surface area contributed by atoms with Crippen LogP contribution < -0.4 is 14.8 Å². The Hall–Kier alpha value is -2.73. The minimum atomic E-state index is -0.165. The minimum Gasteiger partial charge on any atom is -0.497 e. The molecule has 0 saturated carbocycles. The molecule has 1 aromatic carbocycles. The molecule has 26 heavy (non-hydrogen) atoms. The van der Waals surface area contributed by atoms with Gasteiger partial charge in [0.1, 0.15) is 11.5 Å². The van der Waals surface area contributed by atoms with E-state index >= 15 is 0 Å².